The van der Waals surface area contributed by atoms with E-state index in [4.69, 9.17) is 14.2 Å². The first-order valence-electron chi connectivity index (χ1n) is 5.09. The molecule has 6 nitrogen and oxygen atoms in total. The summed E-state index contributed by atoms with van der Waals surface area (Å²) in [6, 6.07) is 3.15. The number of nitrogens with one attached hydrogen (secondary N) is 1. The Kier molecular flexibility index (Phi) is 4.45. The standard InChI is InChI=1S/C10H15BNO5/c1-10(2,3)16-9(13)12-6-7-4-5-8(15-7)17-11-14/h4-5,14H,6H2,1-3H3,(H,12,13). The van der Waals surface area contributed by atoms with E-state index in [0.717, 1.165) is 0 Å². The van der Waals surface area contributed by atoms with E-state index in [2.05, 4.69) is 9.97 Å². The molecule has 0 bridgehead atoms. The molecule has 0 aliphatic rings. The van der Waals surface area contributed by atoms with E-state index >= 15 is 0 Å². The van der Waals surface area contributed by atoms with Gasteiger partial charge in [-0.15, -0.1) is 0 Å². The first-order valence-corrected chi connectivity index (χ1v) is 5.09. The van der Waals surface area contributed by atoms with Crippen molar-refractivity contribution in [3.8, 4) is 5.95 Å². The molecule has 0 fully saturated rings. The third-order valence-corrected chi connectivity index (χ3v) is 1.61. The minimum Gasteiger partial charge on any atom is -0.510 e. The third kappa shape index (κ3) is 5.30. The molecule has 1 radical (unpaired) electrons. The summed E-state index contributed by atoms with van der Waals surface area (Å²) in [5, 5.41) is 10.9. The molecule has 7 heteroatoms. The fraction of sp³-hybridized carbons (Fsp3) is 0.500. The van der Waals surface area contributed by atoms with Crippen LogP contribution in [0.4, 0.5) is 4.79 Å². The SMILES string of the molecule is CC(C)(C)OC(=O)NCc1ccc(O[B]O)o1. The van der Waals surface area contributed by atoms with E-state index in [-0.39, 0.29) is 12.5 Å². The maximum Gasteiger partial charge on any atom is 0.571 e. The van der Waals surface area contributed by atoms with Crippen LogP contribution in [0.5, 0.6) is 5.95 Å². The second kappa shape index (κ2) is 5.63. The van der Waals surface area contributed by atoms with Crippen molar-refractivity contribution in [3.05, 3.63) is 17.9 Å². The van der Waals surface area contributed by atoms with Gasteiger partial charge in [0.25, 0.3) is 5.95 Å². The lowest BCUT2D eigenvalue weighted by atomic mass is 10.2. The molecule has 1 amide bonds. The average molecular weight is 240 g/mol. The van der Waals surface area contributed by atoms with Crippen molar-refractivity contribution in [2.24, 2.45) is 0 Å². The normalized spacial score (nSPS) is 10.8. The second-order valence-electron chi connectivity index (χ2n) is 4.30. The fourth-order valence-electron chi connectivity index (χ4n) is 1.04. The zero-order chi connectivity index (χ0) is 12.9. The summed E-state index contributed by atoms with van der Waals surface area (Å²) in [5.41, 5.74) is -0.534. The predicted octanol–water partition coefficient (Wildman–Crippen LogP) is 1.21. The van der Waals surface area contributed by atoms with E-state index in [1.165, 1.54) is 6.07 Å². The van der Waals surface area contributed by atoms with Gasteiger partial charge in [-0.3, -0.25) is 0 Å². The van der Waals surface area contributed by atoms with Gasteiger partial charge in [0.15, 0.2) is 0 Å². The van der Waals surface area contributed by atoms with Crippen molar-refractivity contribution < 1.29 is 23.6 Å². The van der Waals surface area contributed by atoms with Gasteiger partial charge in [0.1, 0.15) is 11.4 Å². The Morgan fingerprint density at radius 3 is 2.82 bits per heavy atom. The molecular weight excluding hydrogens is 225 g/mol. The van der Waals surface area contributed by atoms with Crippen LogP contribution < -0.4 is 9.97 Å². The van der Waals surface area contributed by atoms with Gasteiger partial charge in [0.2, 0.25) is 0 Å². The third-order valence-electron chi connectivity index (χ3n) is 1.61. The summed E-state index contributed by atoms with van der Waals surface area (Å²) in [6.07, 6.45) is -0.523. The van der Waals surface area contributed by atoms with Gasteiger partial charge in [-0.2, -0.15) is 0 Å². The van der Waals surface area contributed by atoms with Crippen molar-refractivity contribution in [1.29, 1.82) is 0 Å². The fourth-order valence-corrected chi connectivity index (χ4v) is 1.04. The number of carbonyl (C=O) groups excluding carboxylic acids is 1. The molecule has 93 valence electrons. The first kappa shape index (κ1) is 13.4. The van der Waals surface area contributed by atoms with Crippen molar-refractivity contribution >= 4 is 13.8 Å². The monoisotopic (exact) mass is 240 g/mol. The number of hydrogen-bond donors (Lipinski definition) is 2. The van der Waals surface area contributed by atoms with E-state index in [1.807, 2.05) is 0 Å². The van der Waals surface area contributed by atoms with Gasteiger partial charge in [0.05, 0.1) is 6.54 Å². The molecule has 0 spiro atoms. The summed E-state index contributed by atoms with van der Waals surface area (Å²) < 4.78 is 14.8. The van der Waals surface area contributed by atoms with Crippen molar-refractivity contribution in [1.82, 2.24) is 5.32 Å². The molecule has 1 aromatic rings. The number of alkyl carbamates (subject to hydrolysis) is 1. The van der Waals surface area contributed by atoms with Gasteiger partial charge in [-0.1, -0.05) is 0 Å². The lowest BCUT2D eigenvalue weighted by Crippen LogP contribution is -2.32. The molecule has 17 heavy (non-hydrogen) atoms. The average Bonchev–Trinajstić information content (AvgIpc) is 2.61. The Balaban J connectivity index is 2.37. The summed E-state index contributed by atoms with van der Waals surface area (Å²) in [4.78, 5) is 11.3. The van der Waals surface area contributed by atoms with Crippen LogP contribution >= 0.6 is 0 Å². The molecule has 0 saturated carbocycles. The number of amides is 1. The summed E-state index contributed by atoms with van der Waals surface area (Å²) in [5.74, 6) is 0.640. The zero-order valence-corrected chi connectivity index (χ0v) is 10.0. The Labute approximate surface area is 100 Å². The van der Waals surface area contributed by atoms with Crippen molar-refractivity contribution in [2.45, 2.75) is 32.9 Å². The van der Waals surface area contributed by atoms with E-state index in [9.17, 15) is 4.79 Å². The highest BCUT2D eigenvalue weighted by Gasteiger charge is 2.16. The Morgan fingerprint density at radius 2 is 2.24 bits per heavy atom. The van der Waals surface area contributed by atoms with Crippen LogP contribution in [0.25, 0.3) is 0 Å². The van der Waals surface area contributed by atoms with Crippen molar-refractivity contribution in [2.75, 3.05) is 0 Å². The van der Waals surface area contributed by atoms with Crippen LogP contribution in [0.15, 0.2) is 16.5 Å². The number of ether oxygens (including phenoxy) is 1. The molecule has 2 N–H and O–H groups in total. The van der Waals surface area contributed by atoms with Gasteiger partial charge in [-0.25, -0.2) is 4.79 Å². The topological polar surface area (TPSA) is 80.9 Å². The molecule has 0 aliphatic carbocycles. The van der Waals surface area contributed by atoms with Crippen molar-refractivity contribution in [3.63, 3.8) is 0 Å². The summed E-state index contributed by atoms with van der Waals surface area (Å²) in [7, 11) is 0.518. The smallest absolute Gasteiger partial charge is 0.510 e. The highest BCUT2D eigenvalue weighted by molar-refractivity contribution is 6.17. The molecule has 1 heterocycles. The number of carbonyl (C=O) groups is 1. The maximum atomic E-state index is 11.3. The van der Waals surface area contributed by atoms with Crippen LogP contribution in [0, 0.1) is 0 Å². The molecular formula is C10H15BNO5. The van der Waals surface area contributed by atoms with E-state index in [0.29, 0.717) is 13.4 Å². The molecule has 1 aromatic heterocycles. The summed E-state index contributed by atoms with van der Waals surface area (Å²) in [6.45, 7) is 5.53. The largest absolute Gasteiger partial charge is 0.571 e. The minimum atomic E-state index is -0.534. The Morgan fingerprint density at radius 1 is 1.53 bits per heavy atom. The van der Waals surface area contributed by atoms with Crippen LogP contribution in [-0.2, 0) is 11.3 Å². The summed E-state index contributed by atoms with van der Waals surface area (Å²) >= 11 is 0. The van der Waals surface area contributed by atoms with E-state index in [1.54, 1.807) is 26.8 Å². The number of furan rings is 1. The van der Waals surface area contributed by atoms with Crippen LogP contribution in [0.2, 0.25) is 0 Å². The van der Waals surface area contributed by atoms with Crippen LogP contribution in [0.3, 0.4) is 0 Å². The van der Waals surface area contributed by atoms with Gasteiger partial charge in [-0.05, 0) is 26.8 Å². The quantitative estimate of drug-likeness (QED) is 0.773. The first-order chi connectivity index (χ1) is 7.90. The number of hydrogen-bond acceptors (Lipinski definition) is 5. The zero-order valence-electron chi connectivity index (χ0n) is 10.0. The lowest BCUT2D eigenvalue weighted by molar-refractivity contribution is 0.0519. The van der Waals surface area contributed by atoms with Crippen LogP contribution in [-0.4, -0.2) is 24.4 Å². The van der Waals surface area contributed by atoms with E-state index < -0.39 is 11.7 Å². The molecule has 0 saturated heterocycles. The number of rotatable bonds is 4. The molecule has 0 aromatic carbocycles. The second-order valence-corrected chi connectivity index (χ2v) is 4.30. The Bertz CT molecular complexity index is 371. The highest BCUT2D eigenvalue weighted by Crippen LogP contribution is 2.15. The molecule has 0 aliphatic heterocycles. The molecule has 0 unspecified atom stereocenters. The molecule has 0 atom stereocenters. The van der Waals surface area contributed by atoms with Crippen LogP contribution in [0.1, 0.15) is 26.5 Å². The predicted molar refractivity (Wildman–Crippen MR) is 60.4 cm³/mol. The maximum absolute atomic E-state index is 11.3. The lowest BCUT2D eigenvalue weighted by Gasteiger charge is -2.19. The Hall–Kier alpha value is -1.63. The van der Waals surface area contributed by atoms with Gasteiger partial charge < -0.3 is 24.1 Å². The highest BCUT2D eigenvalue weighted by atomic mass is 16.6. The minimum absolute atomic E-state index is 0.147. The van der Waals surface area contributed by atoms with Gasteiger partial charge in [0, 0.05) is 6.07 Å². The van der Waals surface area contributed by atoms with Gasteiger partial charge >= 0.3 is 13.8 Å². The molecule has 1 rings (SSSR count).